The molecule has 4 nitrogen and oxygen atoms in total. The first-order chi connectivity index (χ1) is 9.78. The minimum atomic E-state index is -0.378. The lowest BCUT2D eigenvalue weighted by atomic mass is 10.2. The Morgan fingerprint density at radius 1 is 1.35 bits per heavy atom. The van der Waals surface area contributed by atoms with E-state index in [4.69, 9.17) is 4.74 Å². The number of imidazole rings is 1. The first-order valence-electron chi connectivity index (χ1n) is 6.91. The van der Waals surface area contributed by atoms with Crippen LogP contribution in [-0.4, -0.2) is 16.7 Å². The smallest absolute Gasteiger partial charge is 0.207 e. The van der Waals surface area contributed by atoms with E-state index in [0.717, 1.165) is 5.95 Å². The number of halogens is 1. The molecule has 0 bridgehead atoms. The molecule has 0 radical (unpaired) electrons. The molecule has 0 atom stereocenters. The molecule has 3 rings (SSSR count). The van der Waals surface area contributed by atoms with Crippen LogP contribution in [0.4, 0.5) is 16.0 Å². The van der Waals surface area contributed by atoms with E-state index < -0.39 is 0 Å². The Kier molecular flexibility index (Phi) is 3.58. The number of methoxy groups -OCH3 is 1. The molecule has 106 valence electrons. The van der Waals surface area contributed by atoms with E-state index in [1.54, 1.807) is 18.3 Å². The number of nitrogens with zero attached hydrogens (tertiary/aromatic N) is 2. The molecule has 1 N–H and O–H groups in total. The van der Waals surface area contributed by atoms with Crippen LogP contribution in [0.25, 0.3) is 0 Å². The highest BCUT2D eigenvalue weighted by atomic mass is 19.1. The van der Waals surface area contributed by atoms with E-state index in [1.807, 2.05) is 6.20 Å². The molecule has 20 heavy (non-hydrogen) atoms. The van der Waals surface area contributed by atoms with Gasteiger partial charge < -0.3 is 14.6 Å². The summed E-state index contributed by atoms with van der Waals surface area (Å²) in [6.07, 6.45) is 8.65. The fourth-order valence-electron chi connectivity index (χ4n) is 2.76. The molecule has 5 heteroatoms. The van der Waals surface area contributed by atoms with Gasteiger partial charge in [0, 0.05) is 30.2 Å². The summed E-state index contributed by atoms with van der Waals surface area (Å²) >= 11 is 0. The van der Waals surface area contributed by atoms with E-state index in [2.05, 4.69) is 14.9 Å². The van der Waals surface area contributed by atoms with Crippen LogP contribution in [0.1, 0.15) is 31.7 Å². The highest BCUT2D eigenvalue weighted by Gasteiger charge is 2.19. The Balaban J connectivity index is 1.81. The number of nitrogens with one attached hydrogen (secondary N) is 1. The average Bonchev–Trinajstić information content (AvgIpc) is 3.09. The Labute approximate surface area is 117 Å². The van der Waals surface area contributed by atoms with Crippen molar-refractivity contribution in [2.75, 3.05) is 12.4 Å². The number of rotatable bonds is 4. The number of hydrogen-bond acceptors (Lipinski definition) is 3. The molecule has 1 aromatic heterocycles. The zero-order valence-corrected chi connectivity index (χ0v) is 11.5. The molecule has 0 spiro atoms. The van der Waals surface area contributed by atoms with Gasteiger partial charge in [-0.1, -0.05) is 12.8 Å². The summed E-state index contributed by atoms with van der Waals surface area (Å²) in [7, 11) is 1.46. The molecule has 1 aromatic carbocycles. The zero-order chi connectivity index (χ0) is 13.9. The SMILES string of the molecule is COc1ccc(Nc2nccn2C2CCCC2)cc1F. The fourth-order valence-corrected chi connectivity index (χ4v) is 2.76. The van der Waals surface area contributed by atoms with Gasteiger partial charge in [0.25, 0.3) is 0 Å². The van der Waals surface area contributed by atoms with Gasteiger partial charge in [-0.15, -0.1) is 0 Å². The molecular formula is C15H18FN3O. The van der Waals surface area contributed by atoms with Gasteiger partial charge in [0.15, 0.2) is 11.6 Å². The van der Waals surface area contributed by atoms with Gasteiger partial charge in [0.2, 0.25) is 5.95 Å². The molecule has 1 aliphatic rings. The van der Waals surface area contributed by atoms with Crippen molar-refractivity contribution in [3.63, 3.8) is 0 Å². The van der Waals surface area contributed by atoms with Gasteiger partial charge in [0.05, 0.1) is 7.11 Å². The predicted molar refractivity (Wildman–Crippen MR) is 76.0 cm³/mol. The summed E-state index contributed by atoms with van der Waals surface area (Å²) in [5.74, 6) is 0.632. The number of ether oxygens (including phenoxy) is 1. The van der Waals surface area contributed by atoms with Gasteiger partial charge >= 0.3 is 0 Å². The lowest BCUT2D eigenvalue weighted by Gasteiger charge is -2.16. The maximum atomic E-state index is 13.7. The third-order valence-corrected chi connectivity index (χ3v) is 3.79. The number of anilines is 2. The summed E-state index contributed by atoms with van der Waals surface area (Å²) in [6.45, 7) is 0. The highest BCUT2D eigenvalue weighted by Crippen LogP contribution is 2.32. The molecule has 1 heterocycles. The fraction of sp³-hybridized carbons (Fsp3) is 0.400. The van der Waals surface area contributed by atoms with Crippen molar-refractivity contribution >= 4 is 11.6 Å². The summed E-state index contributed by atoms with van der Waals surface area (Å²) in [5, 5.41) is 3.18. The maximum Gasteiger partial charge on any atom is 0.207 e. The summed E-state index contributed by atoms with van der Waals surface area (Å²) in [5.41, 5.74) is 0.675. The quantitative estimate of drug-likeness (QED) is 0.920. The average molecular weight is 275 g/mol. The lowest BCUT2D eigenvalue weighted by molar-refractivity contribution is 0.386. The van der Waals surface area contributed by atoms with Crippen LogP contribution in [0.15, 0.2) is 30.6 Å². The Morgan fingerprint density at radius 2 is 2.15 bits per heavy atom. The summed E-state index contributed by atoms with van der Waals surface area (Å²) < 4.78 is 20.8. The van der Waals surface area contributed by atoms with Crippen molar-refractivity contribution in [3.05, 3.63) is 36.4 Å². The molecule has 0 aliphatic heterocycles. The van der Waals surface area contributed by atoms with E-state index in [1.165, 1.54) is 38.9 Å². The van der Waals surface area contributed by atoms with Crippen molar-refractivity contribution < 1.29 is 9.13 Å². The first kappa shape index (κ1) is 13.0. The zero-order valence-electron chi connectivity index (χ0n) is 11.5. The standard InChI is InChI=1S/C15H18FN3O/c1-20-14-7-6-11(10-13(14)16)18-15-17-8-9-19(15)12-4-2-3-5-12/h6-10,12H,2-5H2,1H3,(H,17,18). The van der Waals surface area contributed by atoms with Crippen LogP contribution in [0.5, 0.6) is 5.75 Å². The Hall–Kier alpha value is -2.04. The van der Waals surface area contributed by atoms with Crippen LogP contribution in [0.2, 0.25) is 0 Å². The third kappa shape index (κ3) is 2.48. The Bertz CT molecular complexity index is 591. The maximum absolute atomic E-state index is 13.7. The molecule has 1 saturated carbocycles. The van der Waals surface area contributed by atoms with E-state index in [-0.39, 0.29) is 11.6 Å². The minimum Gasteiger partial charge on any atom is -0.494 e. The lowest BCUT2D eigenvalue weighted by Crippen LogP contribution is -2.08. The molecule has 0 saturated heterocycles. The second kappa shape index (κ2) is 5.53. The summed E-state index contributed by atoms with van der Waals surface area (Å²) in [6, 6.07) is 5.32. The molecule has 2 aromatic rings. The van der Waals surface area contributed by atoms with Crippen molar-refractivity contribution in [1.29, 1.82) is 0 Å². The van der Waals surface area contributed by atoms with Crippen LogP contribution in [0.3, 0.4) is 0 Å². The minimum absolute atomic E-state index is 0.245. The topological polar surface area (TPSA) is 39.1 Å². The first-order valence-corrected chi connectivity index (χ1v) is 6.91. The highest BCUT2D eigenvalue weighted by molar-refractivity contribution is 5.55. The molecule has 1 fully saturated rings. The van der Waals surface area contributed by atoms with Crippen LogP contribution >= 0.6 is 0 Å². The summed E-state index contributed by atoms with van der Waals surface area (Å²) in [4.78, 5) is 4.33. The van der Waals surface area contributed by atoms with Gasteiger partial charge in [-0.05, 0) is 25.0 Å². The van der Waals surface area contributed by atoms with Crippen LogP contribution in [0, 0.1) is 5.82 Å². The van der Waals surface area contributed by atoms with Gasteiger partial charge in [-0.3, -0.25) is 0 Å². The molecule has 0 amide bonds. The number of aromatic nitrogens is 2. The van der Waals surface area contributed by atoms with Crippen molar-refractivity contribution in [3.8, 4) is 5.75 Å². The third-order valence-electron chi connectivity index (χ3n) is 3.79. The largest absolute Gasteiger partial charge is 0.494 e. The number of benzene rings is 1. The number of hydrogen-bond donors (Lipinski definition) is 1. The van der Waals surface area contributed by atoms with Crippen LogP contribution < -0.4 is 10.1 Å². The van der Waals surface area contributed by atoms with E-state index in [0.29, 0.717) is 11.7 Å². The van der Waals surface area contributed by atoms with Gasteiger partial charge in [0.1, 0.15) is 0 Å². The molecule has 0 unspecified atom stereocenters. The van der Waals surface area contributed by atoms with Crippen molar-refractivity contribution in [2.45, 2.75) is 31.7 Å². The predicted octanol–water partition coefficient (Wildman–Crippen LogP) is 3.89. The van der Waals surface area contributed by atoms with Gasteiger partial charge in [-0.25, -0.2) is 9.37 Å². The van der Waals surface area contributed by atoms with Crippen molar-refractivity contribution in [2.24, 2.45) is 0 Å². The Morgan fingerprint density at radius 3 is 2.85 bits per heavy atom. The second-order valence-electron chi connectivity index (χ2n) is 5.07. The second-order valence-corrected chi connectivity index (χ2v) is 5.07. The van der Waals surface area contributed by atoms with E-state index >= 15 is 0 Å². The van der Waals surface area contributed by atoms with Crippen LogP contribution in [-0.2, 0) is 0 Å². The van der Waals surface area contributed by atoms with Crippen molar-refractivity contribution in [1.82, 2.24) is 9.55 Å². The van der Waals surface area contributed by atoms with Gasteiger partial charge in [-0.2, -0.15) is 0 Å². The molecular weight excluding hydrogens is 257 g/mol. The molecule has 1 aliphatic carbocycles. The van der Waals surface area contributed by atoms with E-state index in [9.17, 15) is 4.39 Å². The normalized spacial score (nSPS) is 15.5. The monoisotopic (exact) mass is 275 g/mol.